The molecule has 114 valence electrons. The fourth-order valence-electron chi connectivity index (χ4n) is 2.62. The molecule has 0 radical (unpaired) electrons. The van der Waals surface area contributed by atoms with Crippen LogP contribution in [-0.4, -0.2) is 24.0 Å². The molecular weight excluding hydrogens is 276 g/mol. The van der Waals surface area contributed by atoms with Crippen LogP contribution in [0.4, 0.5) is 17.2 Å². The van der Waals surface area contributed by atoms with Crippen LogP contribution >= 0.6 is 0 Å². The minimum atomic E-state index is -0.0551. The zero-order valence-electron chi connectivity index (χ0n) is 12.5. The van der Waals surface area contributed by atoms with Crippen molar-refractivity contribution in [2.75, 3.05) is 29.0 Å². The van der Waals surface area contributed by atoms with Gasteiger partial charge in [-0.15, -0.1) is 0 Å². The highest BCUT2D eigenvalue weighted by Crippen LogP contribution is 2.19. The van der Waals surface area contributed by atoms with Gasteiger partial charge in [0.2, 0.25) is 5.91 Å². The van der Waals surface area contributed by atoms with Crippen LogP contribution in [-0.2, 0) is 11.2 Å². The molecule has 2 aromatic rings. The van der Waals surface area contributed by atoms with Crippen molar-refractivity contribution in [3.63, 3.8) is 0 Å². The summed E-state index contributed by atoms with van der Waals surface area (Å²) in [6, 6.07) is 11.2. The molecule has 0 saturated carbocycles. The van der Waals surface area contributed by atoms with Crippen LogP contribution < -0.4 is 16.0 Å². The number of hydrogen-bond acceptors (Lipinski definition) is 4. The van der Waals surface area contributed by atoms with E-state index in [9.17, 15) is 4.79 Å². The van der Waals surface area contributed by atoms with E-state index in [1.54, 1.807) is 18.3 Å². The summed E-state index contributed by atoms with van der Waals surface area (Å²) >= 11 is 0. The summed E-state index contributed by atoms with van der Waals surface area (Å²) in [6.07, 6.45) is 4.49. The van der Waals surface area contributed by atoms with Crippen molar-refractivity contribution >= 4 is 23.1 Å². The lowest BCUT2D eigenvalue weighted by Gasteiger charge is -2.16. The highest BCUT2D eigenvalue weighted by molar-refractivity contribution is 5.92. The van der Waals surface area contributed by atoms with Gasteiger partial charge in [-0.1, -0.05) is 12.1 Å². The van der Waals surface area contributed by atoms with E-state index in [4.69, 9.17) is 5.73 Å². The number of nitrogens with zero attached hydrogens (tertiary/aromatic N) is 2. The number of carbonyl (C=O) groups excluding carboxylic acids is 1. The Morgan fingerprint density at radius 2 is 1.86 bits per heavy atom. The van der Waals surface area contributed by atoms with E-state index in [0.29, 0.717) is 12.1 Å². The molecule has 3 rings (SSSR count). The van der Waals surface area contributed by atoms with Crippen molar-refractivity contribution in [1.82, 2.24) is 4.98 Å². The Labute approximate surface area is 130 Å². The van der Waals surface area contributed by atoms with Gasteiger partial charge in [0.05, 0.1) is 18.3 Å². The first-order chi connectivity index (χ1) is 10.7. The van der Waals surface area contributed by atoms with E-state index < -0.39 is 0 Å². The lowest BCUT2D eigenvalue weighted by atomic mass is 10.1. The number of benzene rings is 1. The largest absolute Gasteiger partial charge is 0.399 e. The molecule has 1 aliphatic rings. The van der Waals surface area contributed by atoms with Gasteiger partial charge in [-0.2, -0.15) is 0 Å². The molecule has 22 heavy (non-hydrogen) atoms. The van der Waals surface area contributed by atoms with Crippen LogP contribution in [0.15, 0.2) is 42.6 Å². The van der Waals surface area contributed by atoms with Crippen LogP contribution in [0.3, 0.4) is 0 Å². The van der Waals surface area contributed by atoms with Gasteiger partial charge in [0.15, 0.2) is 0 Å². The molecule has 1 fully saturated rings. The Bertz CT molecular complexity index is 631. The van der Waals surface area contributed by atoms with Gasteiger partial charge >= 0.3 is 0 Å². The van der Waals surface area contributed by atoms with Gasteiger partial charge in [-0.3, -0.25) is 4.79 Å². The third-order valence-corrected chi connectivity index (χ3v) is 3.81. The van der Waals surface area contributed by atoms with E-state index in [1.165, 1.54) is 12.8 Å². The topological polar surface area (TPSA) is 71.2 Å². The summed E-state index contributed by atoms with van der Waals surface area (Å²) in [5.41, 5.74) is 8.00. The number of hydrogen-bond donors (Lipinski definition) is 2. The fraction of sp³-hybridized carbons (Fsp3) is 0.294. The second kappa shape index (κ2) is 6.47. The molecule has 2 heterocycles. The zero-order chi connectivity index (χ0) is 15.4. The van der Waals surface area contributed by atoms with Crippen molar-refractivity contribution in [1.29, 1.82) is 0 Å². The van der Waals surface area contributed by atoms with Gasteiger partial charge in [0.25, 0.3) is 0 Å². The quantitative estimate of drug-likeness (QED) is 0.850. The Kier molecular flexibility index (Phi) is 4.23. The SMILES string of the molecule is Nc1ccc(CC(=O)Nc2ccc(N3CCCC3)nc2)cc1. The van der Waals surface area contributed by atoms with Crippen LogP contribution in [0.2, 0.25) is 0 Å². The molecule has 0 atom stereocenters. The third kappa shape index (κ3) is 3.55. The maximum atomic E-state index is 12.0. The monoisotopic (exact) mass is 296 g/mol. The maximum absolute atomic E-state index is 12.0. The number of carbonyl (C=O) groups is 1. The van der Waals surface area contributed by atoms with E-state index in [2.05, 4.69) is 15.2 Å². The summed E-state index contributed by atoms with van der Waals surface area (Å²) in [5, 5.41) is 2.87. The predicted molar refractivity (Wildman–Crippen MR) is 88.9 cm³/mol. The third-order valence-electron chi connectivity index (χ3n) is 3.81. The Balaban J connectivity index is 1.57. The van der Waals surface area contributed by atoms with Crippen LogP contribution in [0, 0.1) is 0 Å². The molecule has 3 N–H and O–H groups in total. The number of amides is 1. The minimum absolute atomic E-state index is 0.0551. The lowest BCUT2D eigenvalue weighted by molar-refractivity contribution is -0.115. The highest BCUT2D eigenvalue weighted by atomic mass is 16.1. The molecule has 5 heteroatoms. The first kappa shape index (κ1) is 14.4. The average molecular weight is 296 g/mol. The fourth-order valence-corrected chi connectivity index (χ4v) is 2.62. The van der Waals surface area contributed by atoms with E-state index in [1.807, 2.05) is 24.3 Å². The Hall–Kier alpha value is -2.56. The van der Waals surface area contributed by atoms with Crippen molar-refractivity contribution in [2.24, 2.45) is 0 Å². The maximum Gasteiger partial charge on any atom is 0.228 e. The van der Waals surface area contributed by atoms with Crippen LogP contribution in [0.5, 0.6) is 0 Å². The number of nitrogens with one attached hydrogen (secondary N) is 1. The van der Waals surface area contributed by atoms with Gasteiger partial charge < -0.3 is 16.0 Å². The Morgan fingerprint density at radius 1 is 1.14 bits per heavy atom. The molecule has 1 amide bonds. The van der Waals surface area contributed by atoms with E-state index >= 15 is 0 Å². The van der Waals surface area contributed by atoms with Crippen molar-refractivity contribution in [2.45, 2.75) is 19.3 Å². The van der Waals surface area contributed by atoms with E-state index in [-0.39, 0.29) is 5.91 Å². The second-order valence-corrected chi connectivity index (χ2v) is 5.57. The number of rotatable bonds is 4. The van der Waals surface area contributed by atoms with Gasteiger partial charge in [-0.05, 0) is 42.7 Å². The zero-order valence-corrected chi connectivity index (χ0v) is 12.5. The number of nitrogens with two attached hydrogens (primary N) is 1. The molecule has 0 aliphatic carbocycles. The van der Waals surface area contributed by atoms with Crippen molar-refractivity contribution in [3.05, 3.63) is 48.2 Å². The first-order valence-corrected chi connectivity index (χ1v) is 7.56. The number of anilines is 3. The lowest BCUT2D eigenvalue weighted by Crippen LogP contribution is -2.19. The summed E-state index contributed by atoms with van der Waals surface area (Å²) < 4.78 is 0. The molecule has 5 nitrogen and oxygen atoms in total. The second-order valence-electron chi connectivity index (χ2n) is 5.57. The van der Waals surface area contributed by atoms with E-state index in [0.717, 1.165) is 30.2 Å². The van der Waals surface area contributed by atoms with Gasteiger partial charge in [-0.25, -0.2) is 4.98 Å². The summed E-state index contributed by atoms with van der Waals surface area (Å²) in [6.45, 7) is 2.13. The number of nitrogen functional groups attached to an aromatic ring is 1. The molecule has 1 aliphatic heterocycles. The highest BCUT2D eigenvalue weighted by Gasteiger charge is 2.13. The Morgan fingerprint density at radius 3 is 2.50 bits per heavy atom. The molecule has 1 aromatic heterocycles. The van der Waals surface area contributed by atoms with Crippen LogP contribution in [0.1, 0.15) is 18.4 Å². The normalized spacial score (nSPS) is 14.1. The molecular formula is C17H20N4O. The molecule has 0 bridgehead atoms. The molecule has 0 spiro atoms. The average Bonchev–Trinajstić information content (AvgIpc) is 3.05. The number of aromatic nitrogens is 1. The van der Waals surface area contributed by atoms with Gasteiger partial charge in [0, 0.05) is 18.8 Å². The summed E-state index contributed by atoms with van der Waals surface area (Å²) in [5.74, 6) is 0.925. The smallest absolute Gasteiger partial charge is 0.228 e. The summed E-state index contributed by atoms with van der Waals surface area (Å²) in [4.78, 5) is 18.7. The molecule has 0 unspecified atom stereocenters. The van der Waals surface area contributed by atoms with Crippen LogP contribution in [0.25, 0.3) is 0 Å². The standard InChI is InChI=1S/C17H20N4O/c18-14-5-3-13(4-6-14)11-17(22)20-15-7-8-16(19-12-15)21-9-1-2-10-21/h3-8,12H,1-2,9-11,18H2,(H,20,22). The van der Waals surface area contributed by atoms with Crippen molar-refractivity contribution in [3.8, 4) is 0 Å². The predicted octanol–water partition coefficient (Wildman–Crippen LogP) is 2.45. The van der Waals surface area contributed by atoms with Crippen molar-refractivity contribution < 1.29 is 4.79 Å². The minimum Gasteiger partial charge on any atom is -0.399 e. The molecule has 1 saturated heterocycles. The number of pyridine rings is 1. The summed E-state index contributed by atoms with van der Waals surface area (Å²) in [7, 11) is 0. The molecule has 1 aromatic carbocycles. The first-order valence-electron chi connectivity index (χ1n) is 7.56. The van der Waals surface area contributed by atoms with Gasteiger partial charge in [0.1, 0.15) is 5.82 Å².